The fourth-order valence-electron chi connectivity index (χ4n) is 1.52. The molecular weight excluding hydrogens is 174 g/mol. The Balaban J connectivity index is 2.45. The zero-order chi connectivity index (χ0) is 10.4. The molecular formula is C11H21N3. The molecule has 0 radical (unpaired) electrons. The van der Waals surface area contributed by atoms with Crippen LogP contribution in [-0.4, -0.2) is 23.1 Å². The van der Waals surface area contributed by atoms with Gasteiger partial charge in [-0.2, -0.15) is 0 Å². The predicted molar refractivity (Wildman–Crippen MR) is 59.3 cm³/mol. The van der Waals surface area contributed by atoms with Gasteiger partial charge in [0, 0.05) is 25.4 Å². The molecule has 0 aliphatic rings. The Morgan fingerprint density at radius 1 is 1.50 bits per heavy atom. The third-order valence-electron chi connectivity index (χ3n) is 2.22. The molecule has 0 bridgehead atoms. The largest absolute Gasteiger partial charge is 0.335 e. The van der Waals surface area contributed by atoms with Gasteiger partial charge >= 0.3 is 0 Å². The van der Waals surface area contributed by atoms with Gasteiger partial charge in [-0.25, -0.2) is 4.98 Å². The first kappa shape index (κ1) is 11.2. The van der Waals surface area contributed by atoms with Crippen molar-refractivity contribution in [2.75, 3.05) is 13.6 Å². The Bertz CT molecular complexity index is 253. The maximum absolute atomic E-state index is 4.38. The summed E-state index contributed by atoms with van der Waals surface area (Å²) in [6.45, 7) is 6.60. The molecule has 1 N–H and O–H groups in total. The topological polar surface area (TPSA) is 29.9 Å². The highest BCUT2D eigenvalue weighted by Gasteiger charge is 2.04. The number of rotatable bonds is 6. The van der Waals surface area contributed by atoms with E-state index in [0.717, 1.165) is 25.9 Å². The summed E-state index contributed by atoms with van der Waals surface area (Å²) in [6.07, 6.45) is 6.22. The summed E-state index contributed by atoms with van der Waals surface area (Å²) >= 11 is 0. The average Bonchev–Trinajstić information content (AvgIpc) is 2.52. The molecule has 1 aromatic heterocycles. The number of hydrogen-bond donors (Lipinski definition) is 1. The van der Waals surface area contributed by atoms with Crippen LogP contribution in [0.4, 0.5) is 0 Å². The van der Waals surface area contributed by atoms with E-state index >= 15 is 0 Å². The molecule has 1 heterocycles. The van der Waals surface area contributed by atoms with Gasteiger partial charge in [0.25, 0.3) is 0 Å². The minimum absolute atomic E-state index is 0.681. The van der Waals surface area contributed by atoms with Crippen LogP contribution in [-0.2, 0) is 13.0 Å². The van der Waals surface area contributed by atoms with Gasteiger partial charge in [-0.05, 0) is 25.9 Å². The maximum atomic E-state index is 4.38. The summed E-state index contributed by atoms with van der Waals surface area (Å²) in [5.41, 5.74) is 0. The first-order valence-electron chi connectivity index (χ1n) is 5.38. The summed E-state index contributed by atoms with van der Waals surface area (Å²) in [5.74, 6) is 1.90. The van der Waals surface area contributed by atoms with E-state index in [-0.39, 0.29) is 0 Å². The third kappa shape index (κ3) is 3.50. The summed E-state index contributed by atoms with van der Waals surface area (Å²) < 4.78 is 2.26. The van der Waals surface area contributed by atoms with Crippen molar-refractivity contribution in [1.29, 1.82) is 0 Å². The quantitative estimate of drug-likeness (QED) is 0.700. The number of nitrogens with zero attached hydrogens (tertiary/aromatic N) is 2. The molecule has 3 nitrogen and oxygen atoms in total. The van der Waals surface area contributed by atoms with Crippen molar-refractivity contribution >= 4 is 0 Å². The first-order valence-corrected chi connectivity index (χ1v) is 5.38. The van der Waals surface area contributed by atoms with E-state index in [1.54, 1.807) is 0 Å². The monoisotopic (exact) mass is 195 g/mol. The lowest BCUT2D eigenvalue weighted by Crippen LogP contribution is -2.12. The highest BCUT2D eigenvalue weighted by molar-refractivity contribution is 4.93. The van der Waals surface area contributed by atoms with Crippen molar-refractivity contribution in [3.8, 4) is 0 Å². The van der Waals surface area contributed by atoms with Crippen molar-refractivity contribution in [2.45, 2.75) is 33.2 Å². The number of imidazole rings is 1. The zero-order valence-corrected chi connectivity index (χ0v) is 9.45. The smallest absolute Gasteiger partial charge is 0.108 e. The van der Waals surface area contributed by atoms with Gasteiger partial charge in [0.1, 0.15) is 5.82 Å². The lowest BCUT2D eigenvalue weighted by Gasteiger charge is -2.09. The van der Waals surface area contributed by atoms with Crippen molar-refractivity contribution in [3.63, 3.8) is 0 Å². The number of aryl methyl sites for hydroxylation is 1. The van der Waals surface area contributed by atoms with Crippen LogP contribution in [0.1, 0.15) is 26.1 Å². The van der Waals surface area contributed by atoms with Gasteiger partial charge in [-0.3, -0.25) is 0 Å². The molecule has 80 valence electrons. The van der Waals surface area contributed by atoms with E-state index < -0.39 is 0 Å². The molecule has 0 unspecified atom stereocenters. The molecule has 0 saturated carbocycles. The Kier molecular flexibility index (Phi) is 4.66. The van der Waals surface area contributed by atoms with Crippen LogP contribution in [0.3, 0.4) is 0 Å². The highest BCUT2D eigenvalue weighted by Crippen LogP contribution is 2.06. The predicted octanol–water partition coefficient (Wildman–Crippen LogP) is 1.69. The van der Waals surface area contributed by atoms with E-state index in [9.17, 15) is 0 Å². The molecule has 0 aliphatic heterocycles. The number of nitrogens with one attached hydrogen (secondary N) is 1. The molecule has 3 heteroatoms. The minimum Gasteiger partial charge on any atom is -0.335 e. The van der Waals surface area contributed by atoms with Crippen LogP contribution in [0, 0.1) is 5.92 Å². The van der Waals surface area contributed by atoms with Gasteiger partial charge in [0.15, 0.2) is 0 Å². The second-order valence-corrected chi connectivity index (χ2v) is 4.09. The normalized spacial score (nSPS) is 11.1. The fraction of sp³-hybridized carbons (Fsp3) is 0.727. The second-order valence-electron chi connectivity index (χ2n) is 4.09. The Morgan fingerprint density at radius 2 is 2.29 bits per heavy atom. The molecule has 14 heavy (non-hydrogen) atoms. The zero-order valence-electron chi connectivity index (χ0n) is 9.45. The van der Waals surface area contributed by atoms with Crippen LogP contribution < -0.4 is 5.32 Å². The van der Waals surface area contributed by atoms with Gasteiger partial charge in [0.2, 0.25) is 0 Å². The summed E-state index contributed by atoms with van der Waals surface area (Å²) in [7, 11) is 1.99. The van der Waals surface area contributed by atoms with Crippen LogP contribution >= 0.6 is 0 Å². The molecule has 0 amide bonds. The van der Waals surface area contributed by atoms with Crippen LogP contribution in [0.2, 0.25) is 0 Å². The summed E-state index contributed by atoms with van der Waals surface area (Å²) in [5, 5.41) is 3.16. The Labute approximate surface area is 86.5 Å². The Morgan fingerprint density at radius 3 is 2.93 bits per heavy atom. The molecule has 0 aliphatic carbocycles. The molecule has 0 aromatic carbocycles. The second kappa shape index (κ2) is 5.81. The average molecular weight is 195 g/mol. The Hall–Kier alpha value is -0.830. The standard InChI is InChI=1S/C11H21N3/c1-10(2)9-11-13-6-8-14(11)7-4-5-12-3/h6,8,10,12H,4-5,7,9H2,1-3H3. The van der Waals surface area contributed by atoms with E-state index in [0.29, 0.717) is 5.92 Å². The fourth-order valence-corrected chi connectivity index (χ4v) is 1.52. The lowest BCUT2D eigenvalue weighted by molar-refractivity contribution is 0.549. The van der Waals surface area contributed by atoms with Crippen molar-refractivity contribution in [3.05, 3.63) is 18.2 Å². The van der Waals surface area contributed by atoms with E-state index in [4.69, 9.17) is 0 Å². The van der Waals surface area contributed by atoms with Gasteiger partial charge in [0.05, 0.1) is 0 Å². The highest BCUT2D eigenvalue weighted by atomic mass is 15.1. The third-order valence-corrected chi connectivity index (χ3v) is 2.22. The van der Waals surface area contributed by atoms with Crippen molar-refractivity contribution in [2.24, 2.45) is 5.92 Å². The molecule has 0 atom stereocenters. The van der Waals surface area contributed by atoms with E-state index in [1.165, 1.54) is 5.82 Å². The summed E-state index contributed by atoms with van der Waals surface area (Å²) in [6, 6.07) is 0. The SMILES string of the molecule is CNCCCn1ccnc1CC(C)C. The summed E-state index contributed by atoms with van der Waals surface area (Å²) in [4.78, 5) is 4.38. The van der Waals surface area contributed by atoms with Crippen molar-refractivity contribution in [1.82, 2.24) is 14.9 Å². The number of aromatic nitrogens is 2. The van der Waals surface area contributed by atoms with Gasteiger partial charge < -0.3 is 9.88 Å². The minimum atomic E-state index is 0.681. The molecule has 0 saturated heterocycles. The van der Waals surface area contributed by atoms with E-state index in [2.05, 4.69) is 34.9 Å². The molecule has 0 spiro atoms. The lowest BCUT2D eigenvalue weighted by atomic mass is 10.1. The molecule has 0 fully saturated rings. The number of hydrogen-bond acceptors (Lipinski definition) is 2. The van der Waals surface area contributed by atoms with Crippen molar-refractivity contribution < 1.29 is 0 Å². The van der Waals surface area contributed by atoms with Gasteiger partial charge in [-0.1, -0.05) is 13.8 Å². The molecule has 1 rings (SSSR count). The molecule has 1 aromatic rings. The van der Waals surface area contributed by atoms with Gasteiger partial charge in [-0.15, -0.1) is 0 Å². The first-order chi connectivity index (χ1) is 6.74. The van der Waals surface area contributed by atoms with Crippen LogP contribution in [0.15, 0.2) is 12.4 Å². The van der Waals surface area contributed by atoms with Crippen LogP contribution in [0.5, 0.6) is 0 Å². The van der Waals surface area contributed by atoms with Crippen LogP contribution in [0.25, 0.3) is 0 Å². The van der Waals surface area contributed by atoms with E-state index in [1.807, 2.05) is 13.2 Å². The maximum Gasteiger partial charge on any atom is 0.108 e.